The number of aromatic nitrogens is 2. The Morgan fingerprint density at radius 1 is 1.11 bits per heavy atom. The third kappa shape index (κ3) is 7.65. The van der Waals surface area contributed by atoms with Gasteiger partial charge in [0, 0.05) is 25.2 Å². The maximum absolute atomic E-state index is 13.3. The molecule has 0 bridgehead atoms. The first-order valence-electron chi connectivity index (χ1n) is 11.5. The van der Waals surface area contributed by atoms with Gasteiger partial charge < -0.3 is 14.2 Å². The molecular formula is C26H32ClN3O4S. The van der Waals surface area contributed by atoms with E-state index in [9.17, 15) is 13.2 Å². The largest absolute Gasteiger partial charge is 0.383 e. The summed E-state index contributed by atoms with van der Waals surface area (Å²) in [5.41, 5.74) is 2.18. The van der Waals surface area contributed by atoms with Crippen LogP contribution in [0.2, 0.25) is 5.02 Å². The molecule has 3 rings (SSSR count). The molecule has 0 spiro atoms. The molecule has 0 aliphatic rings. The standard InChI is InChI=1S/C26H32ClN3O4S/c1-20(2)17-30-24(16-28-26(30)35(32,33)19-22-10-7-11-23(27)14-22)18-29(12-13-34-3)25(31)15-21-8-5-4-6-9-21/h4-11,14,16,20H,12-13,15,17-19H2,1-3H3. The number of halogens is 1. The van der Waals surface area contributed by atoms with Gasteiger partial charge in [-0.1, -0.05) is 67.9 Å². The van der Waals surface area contributed by atoms with E-state index < -0.39 is 9.84 Å². The van der Waals surface area contributed by atoms with Crippen LogP contribution in [0.15, 0.2) is 66.0 Å². The fourth-order valence-electron chi connectivity index (χ4n) is 3.81. The van der Waals surface area contributed by atoms with Crippen LogP contribution < -0.4 is 0 Å². The first-order chi connectivity index (χ1) is 16.7. The van der Waals surface area contributed by atoms with E-state index in [-0.39, 0.29) is 35.7 Å². The number of imidazole rings is 1. The van der Waals surface area contributed by atoms with E-state index in [1.807, 2.05) is 44.2 Å². The Morgan fingerprint density at radius 2 is 1.83 bits per heavy atom. The van der Waals surface area contributed by atoms with Crippen molar-refractivity contribution >= 4 is 27.3 Å². The Morgan fingerprint density at radius 3 is 2.49 bits per heavy atom. The second-order valence-electron chi connectivity index (χ2n) is 8.90. The van der Waals surface area contributed by atoms with Gasteiger partial charge in [0.15, 0.2) is 0 Å². The Bertz CT molecular complexity index is 1230. The molecule has 0 atom stereocenters. The molecule has 3 aromatic rings. The van der Waals surface area contributed by atoms with Crippen LogP contribution in [-0.4, -0.2) is 49.0 Å². The number of hydrogen-bond acceptors (Lipinski definition) is 5. The first kappa shape index (κ1) is 26.9. The predicted octanol–water partition coefficient (Wildman–Crippen LogP) is 4.38. The maximum atomic E-state index is 13.3. The van der Waals surface area contributed by atoms with Crippen molar-refractivity contribution in [3.63, 3.8) is 0 Å². The van der Waals surface area contributed by atoms with Gasteiger partial charge in [-0.2, -0.15) is 0 Å². The Kier molecular flexibility index (Phi) is 9.48. The van der Waals surface area contributed by atoms with Crippen LogP contribution in [0.5, 0.6) is 0 Å². The van der Waals surface area contributed by atoms with Crippen LogP contribution in [0.1, 0.15) is 30.7 Å². The molecule has 188 valence electrons. The molecule has 0 N–H and O–H groups in total. The summed E-state index contributed by atoms with van der Waals surface area (Å²) < 4.78 is 33.6. The second kappa shape index (κ2) is 12.3. The summed E-state index contributed by atoms with van der Waals surface area (Å²) in [6, 6.07) is 16.3. The summed E-state index contributed by atoms with van der Waals surface area (Å²) in [6.07, 6.45) is 1.81. The third-order valence-electron chi connectivity index (χ3n) is 5.44. The minimum atomic E-state index is -3.74. The normalized spacial score (nSPS) is 11.7. The first-order valence-corrected chi connectivity index (χ1v) is 13.5. The van der Waals surface area contributed by atoms with Crippen molar-refractivity contribution in [1.82, 2.24) is 14.5 Å². The van der Waals surface area contributed by atoms with Gasteiger partial charge in [-0.15, -0.1) is 0 Å². The highest BCUT2D eigenvalue weighted by atomic mass is 35.5. The van der Waals surface area contributed by atoms with Crippen LogP contribution >= 0.6 is 11.6 Å². The molecule has 0 saturated carbocycles. The number of benzene rings is 2. The number of carbonyl (C=O) groups is 1. The Balaban J connectivity index is 1.89. The van der Waals surface area contributed by atoms with Gasteiger partial charge in [-0.3, -0.25) is 4.79 Å². The SMILES string of the molecule is COCCN(Cc1cnc(S(=O)(=O)Cc2cccc(Cl)c2)n1CC(C)C)C(=O)Cc1ccccc1. The van der Waals surface area contributed by atoms with E-state index in [0.29, 0.717) is 36.0 Å². The predicted molar refractivity (Wildman–Crippen MR) is 137 cm³/mol. The van der Waals surface area contributed by atoms with Gasteiger partial charge in [-0.25, -0.2) is 13.4 Å². The summed E-state index contributed by atoms with van der Waals surface area (Å²) in [5, 5.41) is 0.484. The summed E-state index contributed by atoms with van der Waals surface area (Å²) >= 11 is 6.05. The fraction of sp³-hybridized carbons (Fsp3) is 0.385. The van der Waals surface area contributed by atoms with Gasteiger partial charge in [0.1, 0.15) is 0 Å². The topological polar surface area (TPSA) is 81.5 Å². The molecule has 7 nitrogen and oxygen atoms in total. The number of carbonyl (C=O) groups excluding carboxylic acids is 1. The second-order valence-corrected chi connectivity index (χ2v) is 11.2. The van der Waals surface area contributed by atoms with Crippen molar-refractivity contribution in [2.75, 3.05) is 20.3 Å². The molecule has 35 heavy (non-hydrogen) atoms. The van der Waals surface area contributed by atoms with E-state index in [4.69, 9.17) is 16.3 Å². The highest BCUT2D eigenvalue weighted by Crippen LogP contribution is 2.22. The number of methoxy groups -OCH3 is 1. The van der Waals surface area contributed by atoms with Crippen LogP contribution in [0.4, 0.5) is 0 Å². The number of hydrogen-bond donors (Lipinski definition) is 0. The van der Waals surface area contributed by atoms with E-state index in [1.165, 1.54) is 0 Å². The number of amides is 1. The zero-order chi connectivity index (χ0) is 25.4. The molecule has 1 aromatic heterocycles. The third-order valence-corrected chi connectivity index (χ3v) is 7.27. The molecule has 0 saturated heterocycles. The molecular weight excluding hydrogens is 486 g/mol. The Hall–Kier alpha value is -2.68. The average molecular weight is 518 g/mol. The van der Waals surface area contributed by atoms with Crippen LogP contribution in [-0.2, 0) is 44.6 Å². The number of ether oxygens (including phenoxy) is 1. The quantitative estimate of drug-likeness (QED) is 0.356. The lowest BCUT2D eigenvalue weighted by Gasteiger charge is -2.24. The summed E-state index contributed by atoms with van der Waals surface area (Å²) in [7, 11) is -2.16. The Labute approximate surface area is 212 Å². The van der Waals surface area contributed by atoms with Crippen molar-refractivity contribution in [3.05, 3.63) is 82.6 Å². The maximum Gasteiger partial charge on any atom is 0.228 e. The van der Waals surface area contributed by atoms with Crippen molar-refractivity contribution in [2.24, 2.45) is 5.92 Å². The van der Waals surface area contributed by atoms with Gasteiger partial charge in [-0.05, 0) is 29.2 Å². The molecule has 1 heterocycles. The molecule has 9 heteroatoms. The van der Waals surface area contributed by atoms with E-state index in [2.05, 4.69) is 4.98 Å². The minimum absolute atomic E-state index is 0.00313. The zero-order valence-corrected chi connectivity index (χ0v) is 21.9. The molecule has 0 aliphatic carbocycles. The summed E-state index contributed by atoms with van der Waals surface area (Å²) in [4.78, 5) is 19.1. The van der Waals surface area contributed by atoms with E-state index in [0.717, 1.165) is 5.56 Å². The average Bonchev–Trinajstić information content (AvgIpc) is 3.19. The van der Waals surface area contributed by atoms with Crippen molar-refractivity contribution < 1.29 is 17.9 Å². The van der Waals surface area contributed by atoms with Gasteiger partial charge >= 0.3 is 0 Å². The highest BCUT2D eigenvalue weighted by Gasteiger charge is 2.26. The fourth-order valence-corrected chi connectivity index (χ4v) is 5.51. The molecule has 2 aromatic carbocycles. The number of nitrogens with zero attached hydrogens (tertiary/aromatic N) is 3. The number of sulfone groups is 1. The van der Waals surface area contributed by atoms with Crippen molar-refractivity contribution in [3.8, 4) is 0 Å². The van der Waals surface area contributed by atoms with Crippen molar-refractivity contribution in [1.29, 1.82) is 0 Å². The molecule has 0 fully saturated rings. The number of rotatable bonds is 12. The van der Waals surface area contributed by atoms with E-state index in [1.54, 1.807) is 47.0 Å². The van der Waals surface area contributed by atoms with E-state index >= 15 is 0 Å². The molecule has 0 radical (unpaired) electrons. The lowest BCUT2D eigenvalue weighted by molar-refractivity contribution is -0.131. The van der Waals surface area contributed by atoms with Crippen LogP contribution in [0, 0.1) is 5.92 Å². The zero-order valence-electron chi connectivity index (χ0n) is 20.4. The van der Waals surface area contributed by atoms with Crippen LogP contribution in [0.3, 0.4) is 0 Å². The highest BCUT2D eigenvalue weighted by molar-refractivity contribution is 7.90. The van der Waals surface area contributed by atoms with Gasteiger partial charge in [0.05, 0.1) is 37.2 Å². The lowest BCUT2D eigenvalue weighted by Crippen LogP contribution is -2.35. The van der Waals surface area contributed by atoms with Gasteiger partial charge in [0.2, 0.25) is 20.9 Å². The lowest BCUT2D eigenvalue weighted by atomic mass is 10.1. The smallest absolute Gasteiger partial charge is 0.228 e. The minimum Gasteiger partial charge on any atom is -0.383 e. The summed E-state index contributed by atoms with van der Waals surface area (Å²) in [6.45, 7) is 5.49. The van der Waals surface area contributed by atoms with Crippen LogP contribution in [0.25, 0.3) is 0 Å². The van der Waals surface area contributed by atoms with Crippen molar-refractivity contribution in [2.45, 2.75) is 44.3 Å². The monoisotopic (exact) mass is 517 g/mol. The molecule has 0 aliphatic heterocycles. The molecule has 0 unspecified atom stereocenters. The summed E-state index contributed by atoms with van der Waals surface area (Å²) in [5.74, 6) is -0.0907. The molecule has 1 amide bonds. The van der Waals surface area contributed by atoms with Gasteiger partial charge in [0.25, 0.3) is 0 Å².